The molecule has 13 heavy (non-hydrogen) atoms. The Kier molecular flexibility index (Phi) is 3.53. The lowest BCUT2D eigenvalue weighted by Gasteiger charge is -2.19. The molecule has 0 fully saturated rings. The number of allylic oxidation sites excluding steroid dienone is 5. The van der Waals surface area contributed by atoms with E-state index in [4.69, 9.17) is 0 Å². The van der Waals surface area contributed by atoms with E-state index in [1.807, 2.05) is 0 Å². The molecule has 0 amide bonds. The molecule has 0 spiro atoms. The van der Waals surface area contributed by atoms with Crippen molar-refractivity contribution in [2.45, 2.75) is 33.6 Å². The fourth-order valence-electron chi connectivity index (χ4n) is 1.52. The largest absolute Gasteiger partial charge is 0.100 e. The van der Waals surface area contributed by atoms with Crippen LogP contribution < -0.4 is 0 Å². The average Bonchev–Trinajstić information content (AvgIpc) is 2.07. The van der Waals surface area contributed by atoms with Gasteiger partial charge in [-0.2, -0.15) is 0 Å². The zero-order valence-corrected chi connectivity index (χ0v) is 9.01. The second-order valence-electron chi connectivity index (χ2n) is 4.28. The van der Waals surface area contributed by atoms with E-state index in [0.29, 0.717) is 11.8 Å². The highest BCUT2D eigenvalue weighted by atomic mass is 14.2. The summed E-state index contributed by atoms with van der Waals surface area (Å²) in [5, 5.41) is 0. The van der Waals surface area contributed by atoms with Gasteiger partial charge in [-0.05, 0) is 31.6 Å². The maximum Gasteiger partial charge on any atom is -0.0196 e. The molecule has 1 aliphatic carbocycles. The van der Waals surface area contributed by atoms with Crippen LogP contribution in [0.25, 0.3) is 0 Å². The van der Waals surface area contributed by atoms with Crippen molar-refractivity contribution < 1.29 is 0 Å². The molecule has 0 saturated heterocycles. The average molecular weight is 176 g/mol. The number of hydrogen-bond donors (Lipinski definition) is 0. The summed E-state index contributed by atoms with van der Waals surface area (Å²) in [6.07, 6.45) is 9.26. The van der Waals surface area contributed by atoms with Crippen LogP contribution in [0.5, 0.6) is 0 Å². The predicted molar refractivity (Wildman–Crippen MR) is 59.6 cm³/mol. The van der Waals surface area contributed by atoms with Gasteiger partial charge in [-0.25, -0.2) is 0 Å². The normalized spacial score (nSPS) is 27.2. The first kappa shape index (κ1) is 10.3. The smallest absolute Gasteiger partial charge is 0.0196 e. The molecular formula is C13H20. The maximum absolute atomic E-state index is 3.92. The van der Waals surface area contributed by atoms with Gasteiger partial charge in [-0.15, -0.1) is 6.58 Å². The Hall–Kier alpha value is -0.780. The van der Waals surface area contributed by atoms with E-state index in [1.165, 1.54) is 11.1 Å². The molecule has 1 rings (SSSR count). The van der Waals surface area contributed by atoms with Crippen molar-refractivity contribution in [1.29, 1.82) is 0 Å². The summed E-state index contributed by atoms with van der Waals surface area (Å²) in [5.74, 6) is 1.40. The SMILES string of the molecule is C=C(C)CCC1=CC(C)C(C)C=C1. The molecule has 0 aromatic carbocycles. The van der Waals surface area contributed by atoms with Crippen molar-refractivity contribution in [2.24, 2.45) is 11.8 Å². The van der Waals surface area contributed by atoms with E-state index in [0.717, 1.165) is 12.8 Å². The van der Waals surface area contributed by atoms with Gasteiger partial charge < -0.3 is 0 Å². The molecule has 0 saturated carbocycles. The van der Waals surface area contributed by atoms with Crippen LogP contribution in [0.15, 0.2) is 36.0 Å². The fraction of sp³-hybridized carbons (Fsp3) is 0.538. The van der Waals surface area contributed by atoms with Gasteiger partial charge in [0.1, 0.15) is 0 Å². The third-order valence-corrected chi connectivity index (χ3v) is 2.76. The molecule has 2 unspecified atom stereocenters. The molecule has 0 heteroatoms. The van der Waals surface area contributed by atoms with E-state index >= 15 is 0 Å². The summed E-state index contributed by atoms with van der Waals surface area (Å²) >= 11 is 0. The summed E-state index contributed by atoms with van der Waals surface area (Å²) in [6.45, 7) is 10.6. The van der Waals surface area contributed by atoms with Crippen molar-refractivity contribution in [1.82, 2.24) is 0 Å². The lowest BCUT2D eigenvalue weighted by molar-refractivity contribution is 0.545. The molecule has 0 aliphatic heterocycles. The van der Waals surface area contributed by atoms with E-state index in [2.05, 4.69) is 45.6 Å². The molecule has 0 nitrogen and oxygen atoms in total. The summed E-state index contributed by atoms with van der Waals surface area (Å²) in [4.78, 5) is 0. The van der Waals surface area contributed by atoms with E-state index in [9.17, 15) is 0 Å². The summed E-state index contributed by atoms with van der Waals surface area (Å²) in [6, 6.07) is 0. The quantitative estimate of drug-likeness (QED) is 0.568. The third kappa shape index (κ3) is 3.22. The second kappa shape index (κ2) is 4.45. The zero-order valence-electron chi connectivity index (χ0n) is 9.01. The Labute approximate surface area is 82.0 Å². The lowest BCUT2D eigenvalue weighted by Crippen LogP contribution is -2.06. The Morgan fingerprint density at radius 1 is 1.38 bits per heavy atom. The molecule has 1 aliphatic rings. The molecule has 0 aromatic rings. The van der Waals surface area contributed by atoms with E-state index < -0.39 is 0 Å². The summed E-state index contributed by atoms with van der Waals surface area (Å²) < 4.78 is 0. The van der Waals surface area contributed by atoms with Crippen LogP contribution in [-0.2, 0) is 0 Å². The van der Waals surface area contributed by atoms with Gasteiger partial charge in [0.25, 0.3) is 0 Å². The van der Waals surface area contributed by atoms with Crippen LogP contribution in [-0.4, -0.2) is 0 Å². The van der Waals surface area contributed by atoms with Crippen molar-refractivity contribution in [2.75, 3.05) is 0 Å². The third-order valence-electron chi connectivity index (χ3n) is 2.76. The summed E-state index contributed by atoms with van der Waals surface area (Å²) in [5.41, 5.74) is 2.76. The van der Waals surface area contributed by atoms with Crippen molar-refractivity contribution in [3.05, 3.63) is 36.0 Å². The van der Waals surface area contributed by atoms with Gasteiger partial charge in [0, 0.05) is 0 Å². The molecule has 72 valence electrons. The first-order valence-electron chi connectivity index (χ1n) is 5.13. The Balaban J connectivity index is 2.48. The van der Waals surface area contributed by atoms with Gasteiger partial charge in [-0.1, -0.05) is 43.2 Å². The van der Waals surface area contributed by atoms with Gasteiger partial charge in [0.15, 0.2) is 0 Å². The standard InChI is InChI=1S/C13H20/c1-10(2)5-7-13-8-6-11(3)12(4)9-13/h6,8-9,11-12H,1,5,7H2,2-4H3. The Morgan fingerprint density at radius 2 is 2.08 bits per heavy atom. The Bertz CT molecular complexity index is 243. The van der Waals surface area contributed by atoms with Crippen LogP contribution in [0.1, 0.15) is 33.6 Å². The highest BCUT2D eigenvalue weighted by molar-refractivity contribution is 5.25. The van der Waals surface area contributed by atoms with Crippen LogP contribution >= 0.6 is 0 Å². The number of hydrogen-bond acceptors (Lipinski definition) is 0. The molecular weight excluding hydrogens is 156 g/mol. The first-order chi connectivity index (χ1) is 6.09. The van der Waals surface area contributed by atoms with Gasteiger partial charge in [0.05, 0.1) is 0 Å². The minimum atomic E-state index is 0.699. The Morgan fingerprint density at radius 3 is 2.62 bits per heavy atom. The van der Waals surface area contributed by atoms with Crippen LogP contribution in [0, 0.1) is 11.8 Å². The van der Waals surface area contributed by atoms with Gasteiger partial charge in [-0.3, -0.25) is 0 Å². The van der Waals surface area contributed by atoms with Crippen LogP contribution in [0.3, 0.4) is 0 Å². The minimum Gasteiger partial charge on any atom is -0.100 e. The van der Waals surface area contributed by atoms with Crippen LogP contribution in [0.2, 0.25) is 0 Å². The van der Waals surface area contributed by atoms with Gasteiger partial charge >= 0.3 is 0 Å². The second-order valence-corrected chi connectivity index (χ2v) is 4.28. The van der Waals surface area contributed by atoms with Crippen molar-refractivity contribution in [3.8, 4) is 0 Å². The molecule has 0 aromatic heterocycles. The monoisotopic (exact) mass is 176 g/mol. The first-order valence-corrected chi connectivity index (χ1v) is 5.13. The number of rotatable bonds is 3. The highest BCUT2D eigenvalue weighted by Gasteiger charge is 2.11. The van der Waals surface area contributed by atoms with Gasteiger partial charge in [0.2, 0.25) is 0 Å². The molecule has 0 radical (unpaired) electrons. The zero-order chi connectivity index (χ0) is 9.84. The van der Waals surface area contributed by atoms with Crippen LogP contribution in [0.4, 0.5) is 0 Å². The molecule has 0 heterocycles. The molecule has 0 N–H and O–H groups in total. The highest BCUT2D eigenvalue weighted by Crippen LogP contribution is 2.24. The lowest BCUT2D eigenvalue weighted by atomic mass is 9.87. The predicted octanol–water partition coefficient (Wildman–Crippen LogP) is 4.11. The topological polar surface area (TPSA) is 0 Å². The minimum absolute atomic E-state index is 0.699. The molecule has 2 atom stereocenters. The summed E-state index contributed by atoms with van der Waals surface area (Å²) in [7, 11) is 0. The van der Waals surface area contributed by atoms with Crippen molar-refractivity contribution >= 4 is 0 Å². The maximum atomic E-state index is 3.92. The van der Waals surface area contributed by atoms with Crippen molar-refractivity contribution in [3.63, 3.8) is 0 Å². The van der Waals surface area contributed by atoms with E-state index in [1.54, 1.807) is 0 Å². The molecule has 0 bridgehead atoms. The fourth-order valence-corrected chi connectivity index (χ4v) is 1.52. The van der Waals surface area contributed by atoms with E-state index in [-0.39, 0.29) is 0 Å².